The lowest BCUT2D eigenvalue weighted by Gasteiger charge is -2.25. The third kappa shape index (κ3) is 3.18. The fraction of sp³-hybridized carbons (Fsp3) is 0.368. The van der Waals surface area contributed by atoms with Gasteiger partial charge in [0, 0.05) is 18.8 Å². The van der Waals surface area contributed by atoms with E-state index in [-0.39, 0.29) is 6.04 Å². The standard InChI is InChI=1S/C19H21N5O3/c1-3-27-19(25)13-12-20-24-11-9-16(22-18(13)24)23-10-5-7-15(23)14-6-4-8-17(21-14)26-2/h4,6,8-9,11-12,15H,3,5,7,10H2,1-2H3/t15-/m1/s1. The number of aromatic nitrogens is 4. The van der Waals surface area contributed by atoms with E-state index in [9.17, 15) is 4.79 Å². The molecule has 27 heavy (non-hydrogen) atoms. The number of anilines is 1. The molecule has 8 nitrogen and oxygen atoms in total. The number of carbonyl (C=O) groups excluding carboxylic acids is 1. The molecule has 1 aliphatic rings. The summed E-state index contributed by atoms with van der Waals surface area (Å²) >= 11 is 0. The maximum absolute atomic E-state index is 12.2. The Kier molecular flexibility index (Phi) is 4.62. The predicted octanol–water partition coefficient (Wildman–Crippen LogP) is 2.65. The number of hydrogen-bond donors (Lipinski definition) is 0. The highest BCUT2D eigenvalue weighted by molar-refractivity contribution is 5.95. The summed E-state index contributed by atoms with van der Waals surface area (Å²) in [5.41, 5.74) is 1.82. The summed E-state index contributed by atoms with van der Waals surface area (Å²) in [4.78, 5) is 23.7. The van der Waals surface area contributed by atoms with Gasteiger partial charge >= 0.3 is 5.97 Å². The van der Waals surface area contributed by atoms with Crippen molar-refractivity contribution in [3.8, 4) is 5.88 Å². The van der Waals surface area contributed by atoms with Crippen molar-refractivity contribution >= 4 is 17.4 Å². The van der Waals surface area contributed by atoms with E-state index in [0.717, 1.165) is 30.9 Å². The first-order valence-electron chi connectivity index (χ1n) is 9.00. The van der Waals surface area contributed by atoms with Gasteiger partial charge in [-0.25, -0.2) is 19.3 Å². The average Bonchev–Trinajstić information content (AvgIpc) is 3.34. The van der Waals surface area contributed by atoms with Crippen LogP contribution in [0.1, 0.15) is 41.9 Å². The topological polar surface area (TPSA) is 81.8 Å². The smallest absolute Gasteiger partial charge is 0.343 e. The Balaban J connectivity index is 1.70. The lowest BCUT2D eigenvalue weighted by atomic mass is 10.1. The first-order valence-corrected chi connectivity index (χ1v) is 9.00. The second kappa shape index (κ2) is 7.22. The van der Waals surface area contributed by atoms with Crippen molar-refractivity contribution in [1.29, 1.82) is 0 Å². The minimum atomic E-state index is -0.412. The number of methoxy groups -OCH3 is 1. The largest absolute Gasteiger partial charge is 0.481 e. The lowest BCUT2D eigenvalue weighted by Crippen LogP contribution is -2.24. The van der Waals surface area contributed by atoms with Crippen molar-refractivity contribution in [1.82, 2.24) is 19.6 Å². The van der Waals surface area contributed by atoms with E-state index in [0.29, 0.717) is 23.7 Å². The monoisotopic (exact) mass is 367 g/mol. The summed E-state index contributed by atoms with van der Waals surface area (Å²) in [7, 11) is 1.62. The Hall–Kier alpha value is -3.16. The van der Waals surface area contributed by atoms with Crippen LogP contribution in [0.3, 0.4) is 0 Å². The summed E-state index contributed by atoms with van der Waals surface area (Å²) in [6, 6.07) is 7.82. The van der Waals surface area contributed by atoms with Gasteiger partial charge < -0.3 is 14.4 Å². The van der Waals surface area contributed by atoms with Crippen LogP contribution in [-0.4, -0.2) is 45.8 Å². The number of carbonyl (C=O) groups is 1. The summed E-state index contributed by atoms with van der Waals surface area (Å²) in [5, 5.41) is 4.20. The minimum absolute atomic E-state index is 0.115. The maximum atomic E-state index is 12.2. The molecule has 0 aromatic carbocycles. The van der Waals surface area contributed by atoms with Gasteiger partial charge in [-0.05, 0) is 31.9 Å². The van der Waals surface area contributed by atoms with Crippen molar-refractivity contribution < 1.29 is 14.3 Å². The Labute approximate surface area is 156 Å². The number of rotatable bonds is 5. The average molecular weight is 367 g/mol. The number of pyridine rings is 1. The van der Waals surface area contributed by atoms with Crippen LogP contribution in [0.15, 0.2) is 36.7 Å². The molecular weight excluding hydrogens is 346 g/mol. The molecule has 4 rings (SSSR count). The summed E-state index contributed by atoms with van der Waals surface area (Å²) in [5.74, 6) is 0.980. The van der Waals surface area contributed by atoms with Crippen molar-refractivity contribution in [2.45, 2.75) is 25.8 Å². The van der Waals surface area contributed by atoms with E-state index in [4.69, 9.17) is 14.5 Å². The van der Waals surface area contributed by atoms with Gasteiger partial charge in [-0.2, -0.15) is 5.10 Å². The molecule has 1 aliphatic heterocycles. The number of nitrogens with zero attached hydrogens (tertiary/aromatic N) is 5. The predicted molar refractivity (Wildman–Crippen MR) is 99.1 cm³/mol. The Morgan fingerprint density at radius 3 is 3.00 bits per heavy atom. The van der Waals surface area contributed by atoms with E-state index in [2.05, 4.69) is 15.0 Å². The van der Waals surface area contributed by atoms with E-state index in [1.165, 1.54) is 6.20 Å². The molecular formula is C19H21N5O3. The number of fused-ring (bicyclic) bond motifs is 1. The zero-order chi connectivity index (χ0) is 18.8. The molecule has 4 heterocycles. The van der Waals surface area contributed by atoms with Crippen LogP contribution in [0.5, 0.6) is 5.88 Å². The van der Waals surface area contributed by atoms with E-state index >= 15 is 0 Å². The van der Waals surface area contributed by atoms with Crippen LogP contribution in [0, 0.1) is 0 Å². The second-order valence-corrected chi connectivity index (χ2v) is 6.29. The van der Waals surface area contributed by atoms with Crippen molar-refractivity contribution in [2.24, 2.45) is 0 Å². The molecule has 0 bridgehead atoms. The Bertz CT molecular complexity index is 971. The molecule has 0 aliphatic carbocycles. The van der Waals surface area contributed by atoms with Crippen molar-refractivity contribution in [3.05, 3.63) is 47.9 Å². The zero-order valence-corrected chi connectivity index (χ0v) is 15.3. The molecule has 8 heteroatoms. The molecule has 0 N–H and O–H groups in total. The maximum Gasteiger partial charge on any atom is 0.343 e. The third-order valence-electron chi connectivity index (χ3n) is 4.69. The minimum Gasteiger partial charge on any atom is -0.481 e. The zero-order valence-electron chi connectivity index (χ0n) is 15.3. The molecule has 0 radical (unpaired) electrons. The highest BCUT2D eigenvalue weighted by atomic mass is 16.5. The van der Waals surface area contributed by atoms with Gasteiger partial charge in [-0.3, -0.25) is 0 Å². The molecule has 1 fully saturated rings. The molecule has 0 spiro atoms. The normalized spacial score (nSPS) is 16.7. The number of esters is 1. The SMILES string of the molecule is CCOC(=O)c1cnn2ccc(N3CCC[C@@H]3c3cccc(OC)n3)nc12. The quantitative estimate of drug-likeness (QED) is 0.641. The van der Waals surface area contributed by atoms with Crippen LogP contribution in [0.2, 0.25) is 0 Å². The van der Waals surface area contributed by atoms with Crippen LogP contribution >= 0.6 is 0 Å². The molecule has 3 aromatic rings. The fourth-order valence-corrected chi connectivity index (χ4v) is 3.45. The molecule has 1 saturated heterocycles. The lowest BCUT2D eigenvalue weighted by molar-refractivity contribution is 0.0528. The van der Waals surface area contributed by atoms with Gasteiger partial charge in [0.05, 0.1) is 31.6 Å². The van der Waals surface area contributed by atoms with Gasteiger partial charge in [0.2, 0.25) is 5.88 Å². The molecule has 1 atom stereocenters. The first-order chi connectivity index (χ1) is 13.2. The van der Waals surface area contributed by atoms with Crippen LogP contribution in [-0.2, 0) is 4.74 Å². The van der Waals surface area contributed by atoms with Gasteiger partial charge in [-0.15, -0.1) is 0 Å². The van der Waals surface area contributed by atoms with Crippen molar-refractivity contribution in [2.75, 3.05) is 25.2 Å². The second-order valence-electron chi connectivity index (χ2n) is 6.29. The van der Waals surface area contributed by atoms with Crippen LogP contribution in [0.25, 0.3) is 5.65 Å². The molecule has 140 valence electrons. The van der Waals surface area contributed by atoms with E-state index in [1.54, 1.807) is 18.5 Å². The highest BCUT2D eigenvalue weighted by Gasteiger charge is 2.29. The fourth-order valence-electron chi connectivity index (χ4n) is 3.45. The summed E-state index contributed by atoms with van der Waals surface area (Å²) < 4.78 is 12.0. The Morgan fingerprint density at radius 1 is 1.30 bits per heavy atom. The highest BCUT2D eigenvalue weighted by Crippen LogP contribution is 2.35. The van der Waals surface area contributed by atoms with Gasteiger partial charge in [0.25, 0.3) is 0 Å². The molecule has 0 amide bonds. The van der Waals surface area contributed by atoms with Crippen LogP contribution in [0.4, 0.5) is 5.82 Å². The molecule has 0 unspecified atom stereocenters. The van der Waals surface area contributed by atoms with Gasteiger partial charge in [0.15, 0.2) is 5.65 Å². The summed E-state index contributed by atoms with van der Waals surface area (Å²) in [6.07, 6.45) is 5.33. The van der Waals surface area contributed by atoms with E-state index in [1.807, 2.05) is 30.5 Å². The van der Waals surface area contributed by atoms with Crippen LogP contribution < -0.4 is 9.64 Å². The first kappa shape index (κ1) is 17.3. The number of hydrogen-bond acceptors (Lipinski definition) is 7. The van der Waals surface area contributed by atoms with Gasteiger partial charge in [0.1, 0.15) is 11.4 Å². The molecule has 0 saturated carbocycles. The summed E-state index contributed by atoms with van der Waals surface area (Å²) in [6.45, 7) is 2.96. The van der Waals surface area contributed by atoms with E-state index < -0.39 is 5.97 Å². The van der Waals surface area contributed by atoms with Crippen molar-refractivity contribution in [3.63, 3.8) is 0 Å². The third-order valence-corrected chi connectivity index (χ3v) is 4.69. The number of ether oxygens (including phenoxy) is 2. The Morgan fingerprint density at radius 2 is 2.19 bits per heavy atom. The molecule has 3 aromatic heterocycles. The van der Waals surface area contributed by atoms with Gasteiger partial charge in [-0.1, -0.05) is 6.07 Å².